The van der Waals surface area contributed by atoms with Crippen LogP contribution >= 0.6 is 0 Å². The van der Waals surface area contributed by atoms with Gasteiger partial charge in [-0.15, -0.1) is 0 Å². The van der Waals surface area contributed by atoms with Crippen molar-refractivity contribution in [2.75, 3.05) is 50.0 Å². The first-order chi connectivity index (χ1) is 23.1. The van der Waals surface area contributed by atoms with Gasteiger partial charge in [0.1, 0.15) is 6.73 Å². The molecule has 4 aromatic rings. The fourth-order valence-electron chi connectivity index (χ4n) is 6.82. The highest BCUT2D eigenvalue weighted by Crippen LogP contribution is 2.36. The van der Waals surface area contributed by atoms with Gasteiger partial charge in [0.2, 0.25) is 5.91 Å². The quantitative estimate of drug-likeness (QED) is 0.114. The standard InChI is InChI=1S/C38H52N6O3Si/c1-28(45)43-18-15-33(16-19-43)40-36-23-32(29-10-6-5-7-11-29)22-35-37(36)44(27-47-20-21-48(2,3)4)41-38(35)39-24-34(46)26-42-17-14-30-12-8-9-13-31(30)25-42/h5-13,22-23,33-34,40,46H,14-21,24-27H2,1-4H3,(H,39,41)/t34-/m0/s1. The summed E-state index contributed by atoms with van der Waals surface area (Å²) in [6.45, 7) is 14.1. The molecule has 1 amide bonds. The van der Waals surface area contributed by atoms with E-state index in [0.717, 1.165) is 85.0 Å². The largest absolute Gasteiger partial charge is 0.390 e. The molecule has 1 saturated heterocycles. The number of likely N-dealkylation sites (tertiary alicyclic amines) is 1. The number of carbonyl (C=O) groups is 1. The highest BCUT2D eigenvalue weighted by atomic mass is 28.3. The second-order valence-electron chi connectivity index (χ2n) is 14.7. The summed E-state index contributed by atoms with van der Waals surface area (Å²) in [6.07, 6.45) is 2.23. The van der Waals surface area contributed by atoms with E-state index in [9.17, 15) is 9.90 Å². The molecule has 1 atom stereocenters. The maximum Gasteiger partial charge on any atom is 0.219 e. The summed E-state index contributed by atoms with van der Waals surface area (Å²) in [5.74, 6) is 0.882. The van der Waals surface area contributed by atoms with Crippen LogP contribution in [0.4, 0.5) is 11.5 Å². The summed E-state index contributed by atoms with van der Waals surface area (Å²) in [6, 6.07) is 24.8. The van der Waals surface area contributed by atoms with E-state index in [1.165, 1.54) is 11.1 Å². The number of nitrogens with zero attached hydrogens (tertiary/aromatic N) is 4. The predicted octanol–water partition coefficient (Wildman–Crippen LogP) is 6.27. The van der Waals surface area contributed by atoms with E-state index in [1.807, 2.05) is 15.6 Å². The van der Waals surface area contributed by atoms with Crippen molar-refractivity contribution in [3.05, 3.63) is 77.9 Å². The van der Waals surface area contributed by atoms with E-state index >= 15 is 0 Å². The molecule has 2 aliphatic heterocycles. The number of hydrogen-bond acceptors (Lipinski definition) is 7. The van der Waals surface area contributed by atoms with Crippen LogP contribution < -0.4 is 10.6 Å². The molecule has 0 radical (unpaired) electrons. The van der Waals surface area contributed by atoms with Crippen LogP contribution in [-0.2, 0) is 29.2 Å². The van der Waals surface area contributed by atoms with E-state index in [0.29, 0.717) is 26.4 Å². The number of anilines is 2. The highest BCUT2D eigenvalue weighted by molar-refractivity contribution is 6.76. The highest BCUT2D eigenvalue weighted by Gasteiger charge is 2.25. The average molecular weight is 669 g/mol. The maximum absolute atomic E-state index is 12.0. The number of rotatable bonds is 13. The zero-order valence-corrected chi connectivity index (χ0v) is 30.0. The van der Waals surface area contributed by atoms with Crippen molar-refractivity contribution in [2.24, 2.45) is 0 Å². The molecule has 0 saturated carbocycles. The second kappa shape index (κ2) is 15.2. The van der Waals surface area contributed by atoms with Crippen LogP contribution in [0.25, 0.3) is 22.0 Å². The minimum absolute atomic E-state index is 0.137. The molecule has 0 unspecified atom stereocenters. The van der Waals surface area contributed by atoms with Crippen molar-refractivity contribution >= 4 is 36.4 Å². The van der Waals surface area contributed by atoms with E-state index < -0.39 is 14.2 Å². The van der Waals surface area contributed by atoms with E-state index in [2.05, 4.69) is 95.8 Å². The van der Waals surface area contributed by atoms with Gasteiger partial charge >= 0.3 is 0 Å². The Morgan fingerprint density at radius 2 is 1.73 bits per heavy atom. The van der Waals surface area contributed by atoms with Gasteiger partial charge in [-0.05, 0) is 59.7 Å². The lowest BCUT2D eigenvalue weighted by molar-refractivity contribution is -0.129. The third kappa shape index (κ3) is 8.65. The molecule has 2 aliphatic rings. The molecule has 1 aromatic heterocycles. The molecule has 9 nitrogen and oxygen atoms in total. The summed E-state index contributed by atoms with van der Waals surface area (Å²) in [5, 5.41) is 24.7. The van der Waals surface area contributed by atoms with Crippen molar-refractivity contribution in [2.45, 2.75) is 77.3 Å². The summed E-state index contributed by atoms with van der Waals surface area (Å²) in [7, 11) is -1.25. The van der Waals surface area contributed by atoms with Gasteiger partial charge in [-0.3, -0.25) is 9.69 Å². The summed E-state index contributed by atoms with van der Waals surface area (Å²) >= 11 is 0. The fraction of sp³-hybridized carbons (Fsp3) is 0.474. The average Bonchev–Trinajstić information content (AvgIpc) is 3.43. The predicted molar refractivity (Wildman–Crippen MR) is 198 cm³/mol. The lowest BCUT2D eigenvalue weighted by Gasteiger charge is -2.32. The van der Waals surface area contributed by atoms with Crippen molar-refractivity contribution in [1.82, 2.24) is 19.6 Å². The Balaban J connectivity index is 1.27. The van der Waals surface area contributed by atoms with E-state index in [1.54, 1.807) is 6.92 Å². The zero-order chi connectivity index (χ0) is 33.7. The van der Waals surface area contributed by atoms with E-state index in [-0.39, 0.29) is 11.9 Å². The minimum Gasteiger partial charge on any atom is -0.390 e. The second-order valence-corrected chi connectivity index (χ2v) is 20.3. The van der Waals surface area contributed by atoms with Crippen LogP contribution in [0.3, 0.4) is 0 Å². The number of carbonyl (C=O) groups excluding carboxylic acids is 1. The Kier molecular flexibility index (Phi) is 10.8. The fourth-order valence-corrected chi connectivity index (χ4v) is 7.58. The van der Waals surface area contributed by atoms with Gasteiger partial charge in [-0.1, -0.05) is 74.2 Å². The van der Waals surface area contributed by atoms with Crippen LogP contribution in [0.5, 0.6) is 0 Å². The maximum atomic E-state index is 12.0. The Bertz CT molecular complexity index is 1680. The third-order valence-electron chi connectivity index (χ3n) is 9.64. The number of nitrogens with one attached hydrogen (secondary N) is 2. The first-order valence-corrected chi connectivity index (χ1v) is 21.2. The number of aromatic nitrogens is 2. The van der Waals surface area contributed by atoms with Crippen molar-refractivity contribution in [3.8, 4) is 11.1 Å². The number of ether oxygens (including phenoxy) is 1. The van der Waals surface area contributed by atoms with Gasteiger partial charge in [-0.25, -0.2) is 4.68 Å². The molecule has 48 heavy (non-hydrogen) atoms. The van der Waals surface area contributed by atoms with Crippen molar-refractivity contribution < 1.29 is 14.6 Å². The summed E-state index contributed by atoms with van der Waals surface area (Å²) in [4.78, 5) is 16.3. The van der Waals surface area contributed by atoms with Crippen molar-refractivity contribution in [3.63, 3.8) is 0 Å². The lowest BCUT2D eigenvalue weighted by Crippen LogP contribution is -2.41. The Labute approximate surface area is 286 Å². The number of fused-ring (bicyclic) bond motifs is 2. The van der Waals surface area contributed by atoms with Gasteiger partial charge < -0.3 is 25.4 Å². The smallest absolute Gasteiger partial charge is 0.219 e. The van der Waals surface area contributed by atoms with Crippen LogP contribution in [-0.4, -0.2) is 90.1 Å². The first kappa shape index (κ1) is 34.2. The molecule has 0 bridgehead atoms. The van der Waals surface area contributed by atoms with Gasteiger partial charge in [0, 0.05) is 72.3 Å². The van der Waals surface area contributed by atoms with Gasteiger partial charge in [0.25, 0.3) is 0 Å². The molecular formula is C38H52N6O3Si. The molecule has 3 heterocycles. The molecule has 3 N–H and O–H groups in total. The molecule has 3 aromatic carbocycles. The molecule has 1 fully saturated rings. The summed E-state index contributed by atoms with van der Waals surface area (Å²) in [5.41, 5.74) is 6.98. The van der Waals surface area contributed by atoms with Crippen LogP contribution in [0, 0.1) is 0 Å². The third-order valence-corrected chi connectivity index (χ3v) is 11.3. The Morgan fingerprint density at radius 3 is 2.46 bits per heavy atom. The van der Waals surface area contributed by atoms with E-state index in [4.69, 9.17) is 9.84 Å². The molecule has 0 spiro atoms. The molecule has 10 heteroatoms. The number of aliphatic hydroxyl groups is 1. The molecular weight excluding hydrogens is 617 g/mol. The van der Waals surface area contributed by atoms with Gasteiger partial charge in [0.05, 0.1) is 17.3 Å². The van der Waals surface area contributed by atoms with Crippen LogP contribution in [0.2, 0.25) is 25.7 Å². The number of piperidine rings is 1. The van der Waals surface area contributed by atoms with Crippen LogP contribution in [0.15, 0.2) is 66.7 Å². The molecule has 256 valence electrons. The summed E-state index contributed by atoms with van der Waals surface area (Å²) < 4.78 is 8.22. The number of hydrogen-bond donors (Lipinski definition) is 3. The SMILES string of the molecule is CC(=O)N1CCC(Nc2cc(-c3ccccc3)cc3c(NC[C@H](O)CN4CCc5ccccc5C4)nn(COCC[Si](C)(C)C)c23)CC1. The van der Waals surface area contributed by atoms with Gasteiger partial charge in [-0.2, -0.15) is 5.10 Å². The number of amides is 1. The monoisotopic (exact) mass is 668 g/mol. The van der Waals surface area contributed by atoms with Crippen molar-refractivity contribution in [1.29, 1.82) is 0 Å². The minimum atomic E-state index is -1.25. The normalized spacial score (nSPS) is 16.6. The van der Waals surface area contributed by atoms with Gasteiger partial charge in [0.15, 0.2) is 5.82 Å². The van der Waals surface area contributed by atoms with Crippen LogP contribution in [0.1, 0.15) is 30.9 Å². The first-order valence-electron chi connectivity index (χ1n) is 17.5. The lowest BCUT2D eigenvalue weighted by atomic mass is 10.00. The Morgan fingerprint density at radius 1 is 1.00 bits per heavy atom. The molecule has 6 rings (SSSR count). The number of benzene rings is 3. The number of β-amino-alcohol motifs (C(OH)–C–C–N with tert-alkyl or cyclic N) is 1. The zero-order valence-electron chi connectivity index (χ0n) is 29.0. The molecule has 0 aliphatic carbocycles. The topological polar surface area (TPSA) is 94.9 Å². The number of aliphatic hydroxyl groups excluding tert-OH is 1. The Hall–Kier alpha value is -3.70.